The SMILES string of the molecule is CCC#N.O=C1CCC(OCc2c(C3CC3)cnn2-c2ccccc2OC(F)F)CC1. The molecule has 0 N–H and O–H groups in total. The van der Waals surface area contributed by atoms with Crippen LogP contribution in [0.3, 0.4) is 0 Å². The van der Waals surface area contributed by atoms with Gasteiger partial charge in [0.1, 0.15) is 11.5 Å². The first-order valence-corrected chi connectivity index (χ1v) is 10.6. The zero-order valence-electron chi connectivity index (χ0n) is 17.6. The Morgan fingerprint density at radius 2 is 1.90 bits per heavy atom. The van der Waals surface area contributed by atoms with Gasteiger partial charge in [0.15, 0.2) is 5.75 Å². The van der Waals surface area contributed by atoms with Crippen LogP contribution < -0.4 is 4.74 Å². The Morgan fingerprint density at radius 1 is 1.23 bits per heavy atom. The van der Waals surface area contributed by atoms with E-state index >= 15 is 0 Å². The second-order valence-corrected chi connectivity index (χ2v) is 7.64. The molecule has 0 saturated heterocycles. The lowest BCUT2D eigenvalue weighted by atomic mass is 9.96. The van der Waals surface area contributed by atoms with E-state index in [0.717, 1.165) is 36.9 Å². The number of Topliss-reactive ketones (excluding diaryl/α,β-unsaturated/α-hetero) is 1. The van der Waals surface area contributed by atoms with Gasteiger partial charge in [0.05, 0.1) is 30.7 Å². The van der Waals surface area contributed by atoms with E-state index in [1.807, 2.05) is 13.0 Å². The molecule has 166 valence electrons. The molecule has 8 heteroatoms. The van der Waals surface area contributed by atoms with Crippen LogP contribution >= 0.6 is 0 Å². The van der Waals surface area contributed by atoms with E-state index < -0.39 is 6.61 Å². The van der Waals surface area contributed by atoms with Crippen LogP contribution in [0.5, 0.6) is 5.75 Å². The Labute approximate surface area is 180 Å². The maximum Gasteiger partial charge on any atom is 0.387 e. The third-order valence-electron chi connectivity index (χ3n) is 5.33. The summed E-state index contributed by atoms with van der Waals surface area (Å²) in [6, 6.07) is 8.58. The number of hydrogen-bond acceptors (Lipinski definition) is 5. The minimum absolute atomic E-state index is 0.0469. The third-order valence-corrected chi connectivity index (χ3v) is 5.33. The summed E-state index contributed by atoms with van der Waals surface area (Å²) >= 11 is 0. The molecule has 0 aliphatic heterocycles. The Bertz CT molecular complexity index is 909. The van der Waals surface area contributed by atoms with E-state index in [1.165, 1.54) is 6.07 Å². The first kappa shape index (κ1) is 22.9. The second-order valence-electron chi connectivity index (χ2n) is 7.64. The monoisotopic (exact) mass is 431 g/mol. The number of para-hydroxylation sites is 2. The number of ether oxygens (including phenoxy) is 2. The quantitative estimate of drug-likeness (QED) is 0.595. The third kappa shape index (κ3) is 6.34. The summed E-state index contributed by atoms with van der Waals surface area (Å²) in [5.74, 6) is 0.826. The highest BCUT2D eigenvalue weighted by Crippen LogP contribution is 2.43. The molecular formula is C23H27F2N3O3. The number of alkyl halides is 2. The molecular weight excluding hydrogens is 404 g/mol. The molecule has 6 nitrogen and oxygen atoms in total. The van der Waals surface area contributed by atoms with Crippen molar-refractivity contribution in [2.24, 2.45) is 0 Å². The molecule has 0 bridgehead atoms. The van der Waals surface area contributed by atoms with E-state index in [9.17, 15) is 13.6 Å². The predicted octanol–water partition coefficient (Wildman–Crippen LogP) is 5.30. The number of nitriles is 1. The number of hydrogen-bond donors (Lipinski definition) is 0. The average molecular weight is 431 g/mol. The summed E-state index contributed by atoms with van der Waals surface area (Å²) in [5, 5.41) is 12.1. The van der Waals surface area contributed by atoms with Crippen LogP contribution in [0, 0.1) is 11.3 Å². The summed E-state index contributed by atoms with van der Waals surface area (Å²) < 4.78 is 38.0. The molecule has 2 aliphatic rings. The molecule has 0 radical (unpaired) electrons. The highest BCUT2D eigenvalue weighted by atomic mass is 19.3. The van der Waals surface area contributed by atoms with E-state index in [4.69, 9.17) is 10.00 Å². The normalized spacial score (nSPS) is 16.5. The fourth-order valence-corrected chi connectivity index (χ4v) is 3.58. The van der Waals surface area contributed by atoms with Crippen LogP contribution in [0.25, 0.3) is 5.69 Å². The number of carbonyl (C=O) groups excluding carboxylic acids is 1. The van der Waals surface area contributed by atoms with Crippen LogP contribution in [-0.2, 0) is 16.1 Å². The van der Waals surface area contributed by atoms with E-state index in [0.29, 0.717) is 37.5 Å². The van der Waals surface area contributed by atoms with Crippen molar-refractivity contribution in [1.82, 2.24) is 9.78 Å². The molecule has 2 fully saturated rings. The van der Waals surface area contributed by atoms with Gasteiger partial charge < -0.3 is 9.47 Å². The van der Waals surface area contributed by atoms with Gasteiger partial charge in [-0.2, -0.15) is 19.1 Å². The van der Waals surface area contributed by atoms with Gasteiger partial charge in [-0.25, -0.2) is 4.68 Å². The van der Waals surface area contributed by atoms with Crippen molar-refractivity contribution >= 4 is 5.78 Å². The number of nitrogens with zero attached hydrogens (tertiary/aromatic N) is 3. The van der Waals surface area contributed by atoms with Gasteiger partial charge in [-0.15, -0.1) is 0 Å². The summed E-state index contributed by atoms with van der Waals surface area (Å²) in [6.45, 7) is -0.739. The molecule has 0 unspecified atom stereocenters. The van der Waals surface area contributed by atoms with Gasteiger partial charge in [0.25, 0.3) is 0 Å². The average Bonchev–Trinajstić information content (AvgIpc) is 3.53. The van der Waals surface area contributed by atoms with Crippen molar-refractivity contribution in [2.45, 2.75) is 77.1 Å². The minimum Gasteiger partial charge on any atom is -0.433 e. The molecule has 4 rings (SSSR count). The summed E-state index contributed by atoms with van der Waals surface area (Å²) in [5.41, 5.74) is 2.45. The highest BCUT2D eigenvalue weighted by molar-refractivity contribution is 5.79. The molecule has 1 aromatic heterocycles. The molecule has 2 aromatic rings. The number of rotatable bonds is 7. The van der Waals surface area contributed by atoms with Gasteiger partial charge in [-0.05, 0) is 49.3 Å². The minimum atomic E-state index is -2.90. The fourth-order valence-electron chi connectivity index (χ4n) is 3.58. The Kier molecular flexibility index (Phi) is 8.13. The number of benzene rings is 1. The van der Waals surface area contributed by atoms with Gasteiger partial charge in [0, 0.05) is 19.3 Å². The predicted molar refractivity (Wildman–Crippen MR) is 110 cm³/mol. The first-order valence-electron chi connectivity index (χ1n) is 10.6. The number of carbonyl (C=O) groups is 1. The van der Waals surface area contributed by atoms with Crippen molar-refractivity contribution in [2.75, 3.05) is 0 Å². The molecule has 2 aliphatic carbocycles. The van der Waals surface area contributed by atoms with Gasteiger partial charge in [0.2, 0.25) is 0 Å². The number of aromatic nitrogens is 2. The summed E-state index contributed by atoms with van der Waals surface area (Å²) in [6.07, 6.45) is 7.27. The lowest BCUT2D eigenvalue weighted by Crippen LogP contribution is -2.22. The van der Waals surface area contributed by atoms with Crippen LogP contribution in [0.1, 0.15) is 69.0 Å². The van der Waals surface area contributed by atoms with Crippen LogP contribution in [0.2, 0.25) is 0 Å². The maximum absolute atomic E-state index is 12.8. The summed E-state index contributed by atoms with van der Waals surface area (Å²) in [7, 11) is 0. The highest BCUT2D eigenvalue weighted by Gasteiger charge is 2.30. The van der Waals surface area contributed by atoms with Crippen molar-refractivity contribution in [3.63, 3.8) is 0 Å². The van der Waals surface area contributed by atoms with E-state index in [2.05, 4.69) is 9.84 Å². The van der Waals surface area contributed by atoms with Crippen molar-refractivity contribution in [3.8, 4) is 17.5 Å². The van der Waals surface area contributed by atoms with Crippen LogP contribution in [-0.4, -0.2) is 28.3 Å². The maximum atomic E-state index is 12.8. The van der Waals surface area contributed by atoms with Gasteiger partial charge >= 0.3 is 6.61 Å². The fraction of sp³-hybridized carbons (Fsp3) is 0.522. The zero-order valence-corrected chi connectivity index (χ0v) is 17.6. The molecule has 0 spiro atoms. The largest absolute Gasteiger partial charge is 0.433 e. The smallest absolute Gasteiger partial charge is 0.387 e. The Morgan fingerprint density at radius 3 is 2.52 bits per heavy atom. The van der Waals surface area contributed by atoms with Crippen molar-refractivity contribution < 1.29 is 23.0 Å². The number of halogens is 2. The number of ketones is 1. The van der Waals surface area contributed by atoms with Gasteiger partial charge in [-0.1, -0.05) is 19.1 Å². The lowest BCUT2D eigenvalue weighted by molar-refractivity contribution is -0.123. The van der Waals surface area contributed by atoms with Crippen molar-refractivity contribution in [3.05, 3.63) is 41.7 Å². The molecule has 0 atom stereocenters. The molecule has 2 saturated carbocycles. The van der Waals surface area contributed by atoms with E-state index in [1.54, 1.807) is 29.1 Å². The topological polar surface area (TPSA) is 77.1 Å². The summed E-state index contributed by atoms with van der Waals surface area (Å²) in [4.78, 5) is 11.4. The first-order chi connectivity index (χ1) is 15.0. The molecule has 0 amide bonds. The Hall–Kier alpha value is -2.79. The van der Waals surface area contributed by atoms with Crippen LogP contribution in [0.15, 0.2) is 30.5 Å². The Balaban J connectivity index is 0.000000628. The van der Waals surface area contributed by atoms with Gasteiger partial charge in [-0.3, -0.25) is 4.79 Å². The van der Waals surface area contributed by atoms with E-state index in [-0.39, 0.29) is 17.6 Å². The molecule has 31 heavy (non-hydrogen) atoms. The zero-order chi connectivity index (χ0) is 22.2. The lowest BCUT2D eigenvalue weighted by Gasteiger charge is -2.22. The van der Waals surface area contributed by atoms with Crippen LogP contribution in [0.4, 0.5) is 8.78 Å². The standard InChI is InChI=1S/C20H22F2N2O3.C3H5N/c21-20(22)27-19-4-2-1-3-17(19)24-18(16(11-23-24)13-5-6-13)12-26-15-9-7-14(25)8-10-15;1-2-3-4/h1-4,11,13,15,20H,5-10,12H2;2H2,1H3. The molecule has 1 heterocycles. The van der Waals surface area contributed by atoms with Crippen molar-refractivity contribution in [1.29, 1.82) is 5.26 Å². The molecule has 1 aromatic carbocycles. The second kappa shape index (κ2) is 11.0.